The molecule has 2 bridgehead atoms. The van der Waals surface area contributed by atoms with Gasteiger partial charge in [0.05, 0.1) is 31.3 Å². The Hall–Kier alpha value is -1.40. The van der Waals surface area contributed by atoms with E-state index in [1.165, 1.54) is 0 Å². The minimum absolute atomic E-state index is 0.123. The third-order valence-corrected chi connectivity index (χ3v) is 3.79. The van der Waals surface area contributed by atoms with Gasteiger partial charge in [0.2, 0.25) is 5.91 Å². The first-order chi connectivity index (χ1) is 8.68. The number of rotatable bonds is 2. The summed E-state index contributed by atoms with van der Waals surface area (Å²) >= 11 is 0. The molecule has 6 heteroatoms. The van der Waals surface area contributed by atoms with Crippen LogP contribution in [-0.4, -0.2) is 60.4 Å². The number of carboxylic acid groups (broad SMARTS) is 1. The molecule has 0 spiro atoms. The molecule has 98 valence electrons. The zero-order chi connectivity index (χ0) is 12.7. The Morgan fingerprint density at radius 3 is 2.33 bits per heavy atom. The van der Waals surface area contributed by atoms with E-state index in [0.717, 1.165) is 0 Å². The zero-order valence-electron chi connectivity index (χ0n) is 9.82. The zero-order valence-corrected chi connectivity index (χ0v) is 9.82. The van der Waals surface area contributed by atoms with Gasteiger partial charge in [0.25, 0.3) is 0 Å². The van der Waals surface area contributed by atoms with Crippen LogP contribution >= 0.6 is 0 Å². The number of nitrogens with zero attached hydrogens (tertiary/aromatic N) is 1. The van der Waals surface area contributed by atoms with Crippen molar-refractivity contribution in [3.63, 3.8) is 0 Å². The lowest BCUT2D eigenvalue weighted by molar-refractivity contribution is -0.151. The van der Waals surface area contributed by atoms with Crippen LogP contribution in [0.4, 0.5) is 0 Å². The number of hydrogen-bond acceptors (Lipinski definition) is 4. The van der Waals surface area contributed by atoms with Gasteiger partial charge in [-0.25, -0.2) is 0 Å². The Kier molecular flexibility index (Phi) is 2.83. The molecule has 0 aromatic heterocycles. The van der Waals surface area contributed by atoms with Crippen molar-refractivity contribution in [1.82, 2.24) is 4.90 Å². The van der Waals surface area contributed by atoms with Crippen LogP contribution in [0, 0.1) is 11.8 Å². The predicted octanol–water partition coefficient (Wildman–Crippen LogP) is -0.501. The van der Waals surface area contributed by atoms with Gasteiger partial charge < -0.3 is 19.5 Å². The van der Waals surface area contributed by atoms with Gasteiger partial charge in [-0.15, -0.1) is 0 Å². The molecular weight excluding hydrogens is 238 g/mol. The number of carbonyl (C=O) groups is 2. The number of morpholine rings is 1. The molecule has 2 fully saturated rings. The molecule has 0 saturated carbocycles. The monoisotopic (exact) mass is 253 g/mol. The number of carboxylic acids is 1. The first-order valence-corrected chi connectivity index (χ1v) is 6.11. The molecule has 0 aliphatic carbocycles. The maximum Gasteiger partial charge on any atom is 0.310 e. The summed E-state index contributed by atoms with van der Waals surface area (Å²) in [7, 11) is 0. The number of amides is 1. The fraction of sp³-hybridized carbons (Fsp3) is 0.667. The van der Waals surface area contributed by atoms with Gasteiger partial charge in [-0.05, 0) is 0 Å². The highest BCUT2D eigenvalue weighted by Gasteiger charge is 2.54. The molecule has 1 N–H and O–H groups in total. The summed E-state index contributed by atoms with van der Waals surface area (Å²) in [5.74, 6) is -2.42. The molecule has 3 heterocycles. The number of carbonyl (C=O) groups excluding carboxylic acids is 1. The average molecular weight is 253 g/mol. The van der Waals surface area contributed by atoms with Crippen LogP contribution in [0.1, 0.15) is 0 Å². The first-order valence-electron chi connectivity index (χ1n) is 6.11. The van der Waals surface area contributed by atoms with Crippen LogP contribution in [0.2, 0.25) is 0 Å². The van der Waals surface area contributed by atoms with Gasteiger partial charge in [-0.2, -0.15) is 0 Å². The van der Waals surface area contributed by atoms with Crippen molar-refractivity contribution in [2.45, 2.75) is 12.2 Å². The highest BCUT2D eigenvalue weighted by atomic mass is 16.5. The summed E-state index contributed by atoms with van der Waals surface area (Å²) in [4.78, 5) is 25.4. The molecule has 0 aromatic rings. The van der Waals surface area contributed by atoms with Gasteiger partial charge in [-0.1, -0.05) is 12.2 Å². The van der Waals surface area contributed by atoms with E-state index in [-0.39, 0.29) is 12.0 Å². The predicted molar refractivity (Wildman–Crippen MR) is 59.8 cm³/mol. The molecule has 0 aromatic carbocycles. The number of fused-ring (bicyclic) bond motifs is 2. The van der Waals surface area contributed by atoms with Crippen LogP contribution in [0.25, 0.3) is 0 Å². The van der Waals surface area contributed by atoms with E-state index >= 15 is 0 Å². The quantitative estimate of drug-likeness (QED) is 0.671. The molecule has 1 amide bonds. The van der Waals surface area contributed by atoms with E-state index < -0.39 is 23.9 Å². The topological polar surface area (TPSA) is 76.1 Å². The fourth-order valence-electron chi connectivity index (χ4n) is 2.89. The molecule has 18 heavy (non-hydrogen) atoms. The van der Waals surface area contributed by atoms with Crippen molar-refractivity contribution >= 4 is 11.9 Å². The Morgan fingerprint density at radius 1 is 1.11 bits per heavy atom. The maximum absolute atomic E-state index is 12.4. The van der Waals surface area contributed by atoms with E-state index in [9.17, 15) is 14.7 Å². The van der Waals surface area contributed by atoms with Crippen LogP contribution in [0.15, 0.2) is 12.2 Å². The third kappa shape index (κ3) is 1.72. The van der Waals surface area contributed by atoms with Crippen molar-refractivity contribution in [2.24, 2.45) is 11.8 Å². The molecule has 2 saturated heterocycles. The summed E-state index contributed by atoms with van der Waals surface area (Å²) in [6.45, 7) is 2.09. The second kappa shape index (κ2) is 4.37. The summed E-state index contributed by atoms with van der Waals surface area (Å²) in [5.41, 5.74) is 0. The van der Waals surface area contributed by atoms with E-state index in [0.29, 0.717) is 26.3 Å². The Bertz CT molecular complexity index is 401. The lowest BCUT2D eigenvalue weighted by Gasteiger charge is -2.31. The smallest absolute Gasteiger partial charge is 0.310 e. The number of aliphatic carboxylic acids is 1. The fourth-order valence-corrected chi connectivity index (χ4v) is 2.89. The molecule has 3 aliphatic rings. The van der Waals surface area contributed by atoms with Gasteiger partial charge in [0.15, 0.2) is 0 Å². The van der Waals surface area contributed by atoms with Crippen molar-refractivity contribution < 1.29 is 24.2 Å². The highest BCUT2D eigenvalue weighted by Crippen LogP contribution is 2.40. The molecule has 6 nitrogen and oxygen atoms in total. The standard InChI is InChI=1S/C12H15NO5/c14-11(13-3-5-17-6-4-13)9-7-1-2-8(18-7)10(9)12(15)16/h1-2,7-10H,3-6H2,(H,15,16)/t7-,8-,9+,10-/m1/s1. The lowest BCUT2D eigenvalue weighted by atomic mass is 9.82. The molecule has 4 atom stereocenters. The largest absolute Gasteiger partial charge is 0.481 e. The van der Waals surface area contributed by atoms with Crippen molar-refractivity contribution in [3.8, 4) is 0 Å². The summed E-state index contributed by atoms with van der Waals surface area (Å²) in [6, 6.07) is 0. The van der Waals surface area contributed by atoms with Crippen LogP contribution in [0.5, 0.6) is 0 Å². The molecule has 0 unspecified atom stereocenters. The van der Waals surface area contributed by atoms with Crippen LogP contribution in [0.3, 0.4) is 0 Å². The van der Waals surface area contributed by atoms with Gasteiger partial charge in [0, 0.05) is 13.1 Å². The van der Waals surface area contributed by atoms with Crippen LogP contribution in [-0.2, 0) is 19.1 Å². The summed E-state index contributed by atoms with van der Waals surface area (Å²) in [6.07, 6.45) is 2.70. The molecule has 3 aliphatic heterocycles. The Labute approximate surface area is 104 Å². The van der Waals surface area contributed by atoms with Crippen LogP contribution < -0.4 is 0 Å². The minimum Gasteiger partial charge on any atom is -0.481 e. The number of ether oxygens (including phenoxy) is 2. The third-order valence-electron chi connectivity index (χ3n) is 3.79. The normalized spacial score (nSPS) is 38.1. The van der Waals surface area contributed by atoms with E-state index in [4.69, 9.17) is 9.47 Å². The Balaban J connectivity index is 1.79. The lowest BCUT2D eigenvalue weighted by Crippen LogP contribution is -2.48. The van der Waals surface area contributed by atoms with Crippen molar-refractivity contribution in [3.05, 3.63) is 12.2 Å². The van der Waals surface area contributed by atoms with Gasteiger partial charge >= 0.3 is 5.97 Å². The van der Waals surface area contributed by atoms with Crippen molar-refractivity contribution in [2.75, 3.05) is 26.3 Å². The van der Waals surface area contributed by atoms with E-state index in [2.05, 4.69) is 0 Å². The molecule has 3 rings (SSSR count). The maximum atomic E-state index is 12.4. The van der Waals surface area contributed by atoms with Gasteiger partial charge in [-0.3, -0.25) is 9.59 Å². The first kappa shape index (κ1) is 11.7. The summed E-state index contributed by atoms with van der Waals surface area (Å²) < 4.78 is 10.7. The molecular formula is C12H15NO5. The second-order valence-corrected chi connectivity index (χ2v) is 4.78. The van der Waals surface area contributed by atoms with Crippen molar-refractivity contribution in [1.29, 1.82) is 0 Å². The Morgan fingerprint density at radius 2 is 1.72 bits per heavy atom. The average Bonchev–Trinajstić information content (AvgIpc) is 2.99. The van der Waals surface area contributed by atoms with E-state index in [1.54, 1.807) is 17.1 Å². The van der Waals surface area contributed by atoms with Gasteiger partial charge in [0.1, 0.15) is 5.92 Å². The highest BCUT2D eigenvalue weighted by molar-refractivity contribution is 5.87. The second-order valence-electron chi connectivity index (χ2n) is 4.78. The summed E-state index contributed by atoms with van der Waals surface area (Å²) in [5, 5.41) is 9.24. The number of hydrogen-bond donors (Lipinski definition) is 1. The SMILES string of the molecule is O=C(O)[C@H]1[C@@H](C(=O)N2CCOCC2)[C@H]2C=C[C@H]1O2. The molecule has 0 radical (unpaired) electrons. The van der Waals surface area contributed by atoms with E-state index in [1.807, 2.05) is 0 Å². The minimum atomic E-state index is -0.960.